The average Bonchev–Trinajstić information content (AvgIpc) is 2.29. The van der Waals surface area contributed by atoms with Gasteiger partial charge in [0, 0.05) is 5.56 Å². The van der Waals surface area contributed by atoms with Crippen LogP contribution < -0.4 is 19.8 Å². The Hall–Kier alpha value is -1.34. The summed E-state index contributed by atoms with van der Waals surface area (Å²) >= 11 is 5.77. The maximum Gasteiger partial charge on any atom is 0.501 e. The van der Waals surface area contributed by atoms with Gasteiger partial charge in [-0.15, -0.1) is 8.42 Å². The van der Waals surface area contributed by atoms with Crippen LogP contribution in [0.15, 0.2) is 0 Å². The SMILES string of the molecule is Cc1c(N)c2c(Cl)c(N)c1OS(=O)(=O)O2. The molecule has 15 heavy (non-hydrogen) atoms. The standard InChI is InChI=1S/C7H7ClN2O4S/c1-2-4(9)7-3(8)5(10)6(2)13-15(11,12)14-7/h9-10H2,1H3. The third kappa shape index (κ3) is 1.35. The highest BCUT2D eigenvalue weighted by Gasteiger charge is 2.32. The maximum absolute atomic E-state index is 11.2. The molecular formula is C7H7ClN2O4S. The fraction of sp³-hybridized carbons (Fsp3) is 0.143. The van der Waals surface area contributed by atoms with Gasteiger partial charge in [-0.25, -0.2) is 0 Å². The van der Waals surface area contributed by atoms with Gasteiger partial charge in [0.25, 0.3) is 0 Å². The number of hydrogen-bond acceptors (Lipinski definition) is 6. The Kier molecular flexibility index (Phi) is 1.92. The van der Waals surface area contributed by atoms with Gasteiger partial charge < -0.3 is 19.8 Å². The molecule has 0 aliphatic carbocycles. The van der Waals surface area contributed by atoms with Crippen LogP contribution in [0.25, 0.3) is 0 Å². The molecule has 0 saturated carbocycles. The molecule has 2 aliphatic rings. The second kappa shape index (κ2) is 2.83. The van der Waals surface area contributed by atoms with Gasteiger partial charge >= 0.3 is 10.4 Å². The molecule has 0 radical (unpaired) electrons. The molecule has 0 spiro atoms. The van der Waals surface area contributed by atoms with Crippen LogP contribution in [0.3, 0.4) is 0 Å². The molecule has 2 aliphatic heterocycles. The van der Waals surface area contributed by atoms with E-state index in [-0.39, 0.29) is 27.9 Å². The number of anilines is 2. The first kappa shape index (κ1) is 10.2. The monoisotopic (exact) mass is 250 g/mol. The summed E-state index contributed by atoms with van der Waals surface area (Å²) in [6, 6.07) is 0. The minimum Gasteiger partial charge on any atom is -0.395 e. The molecule has 1 aromatic rings. The van der Waals surface area contributed by atoms with Crippen LogP contribution in [0, 0.1) is 6.92 Å². The van der Waals surface area contributed by atoms with Gasteiger partial charge in [-0.2, -0.15) is 0 Å². The van der Waals surface area contributed by atoms with Gasteiger partial charge in [-0.05, 0) is 6.92 Å². The van der Waals surface area contributed by atoms with Crippen molar-refractivity contribution in [3.8, 4) is 11.5 Å². The number of halogens is 1. The number of rotatable bonds is 0. The molecule has 2 heterocycles. The van der Waals surface area contributed by atoms with Gasteiger partial charge in [0.2, 0.25) is 0 Å². The Morgan fingerprint density at radius 2 is 1.67 bits per heavy atom. The molecule has 82 valence electrons. The van der Waals surface area contributed by atoms with Gasteiger partial charge in [0.1, 0.15) is 5.02 Å². The molecule has 1 aromatic carbocycles. The Bertz CT molecular complexity index is 483. The zero-order valence-corrected chi connectivity index (χ0v) is 9.15. The van der Waals surface area contributed by atoms with Gasteiger partial charge in [0.05, 0.1) is 11.4 Å². The lowest BCUT2D eigenvalue weighted by atomic mass is 10.1. The van der Waals surface area contributed by atoms with Crippen molar-refractivity contribution in [3.63, 3.8) is 0 Å². The first-order valence-electron chi connectivity index (χ1n) is 3.84. The van der Waals surface area contributed by atoms with Crippen LogP contribution >= 0.6 is 11.6 Å². The lowest BCUT2D eigenvalue weighted by Gasteiger charge is -2.08. The summed E-state index contributed by atoms with van der Waals surface area (Å²) in [6.45, 7) is 1.56. The summed E-state index contributed by atoms with van der Waals surface area (Å²) in [5.74, 6) is -0.272. The fourth-order valence-corrected chi connectivity index (χ4v) is 2.35. The third-order valence-corrected chi connectivity index (χ3v) is 3.16. The van der Waals surface area contributed by atoms with Crippen LogP contribution in [0.2, 0.25) is 5.02 Å². The van der Waals surface area contributed by atoms with Gasteiger partial charge in [-0.1, -0.05) is 11.6 Å². The highest BCUT2D eigenvalue weighted by molar-refractivity contribution is 7.82. The highest BCUT2D eigenvalue weighted by atomic mass is 35.5. The molecule has 6 nitrogen and oxygen atoms in total. The lowest BCUT2D eigenvalue weighted by molar-refractivity contribution is 0.400. The predicted molar refractivity (Wildman–Crippen MR) is 55.2 cm³/mol. The normalized spacial score (nSPS) is 16.7. The fourth-order valence-electron chi connectivity index (χ4n) is 1.24. The Morgan fingerprint density at radius 3 is 2.27 bits per heavy atom. The van der Waals surface area contributed by atoms with Crippen molar-refractivity contribution >= 4 is 33.4 Å². The van der Waals surface area contributed by atoms with E-state index in [0.29, 0.717) is 5.56 Å². The number of benzene rings is 1. The topological polar surface area (TPSA) is 105 Å². The Balaban J connectivity index is 2.90. The van der Waals surface area contributed by atoms with Gasteiger partial charge in [-0.3, -0.25) is 0 Å². The van der Waals surface area contributed by atoms with Crippen LogP contribution in [0.5, 0.6) is 11.5 Å². The van der Waals surface area contributed by atoms with Crippen LogP contribution in [-0.2, 0) is 10.4 Å². The van der Waals surface area contributed by atoms with Crippen molar-refractivity contribution in [3.05, 3.63) is 10.6 Å². The number of nitrogens with two attached hydrogens (primary N) is 2. The molecule has 8 heteroatoms. The summed E-state index contributed by atoms with van der Waals surface area (Å²) in [5.41, 5.74) is 11.7. The van der Waals surface area contributed by atoms with E-state index in [0.717, 1.165) is 0 Å². The van der Waals surface area contributed by atoms with E-state index >= 15 is 0 Å². The third-order valence-electron chi connectivity index (χ3n) is 2.04. The Morgan fingerprint density at radius 1 is 1.13 bits per heavy atom. The summed E-state index contributed by atoms with van der Waals surface area (Å²) < 4.78 is 31.6. The zero-order chi connectivity index (χ0) is 11.4. The lowest BCUT2D eigenvalue weighted by Crippen LogP contribution is -2.14. The van der Waals surface area contributed by atoms with Crippen LogP contribution in [0.4, 0.5) is 11.4 Å². The average molecular weight is 251 g/mol. The van der Waals surface area contributed by atoms with Crippen molar-refractivity contribution in [2.45, 2.75) is 6.92 Å². The largest absolute Gasteiger partial charge is 0.501 e. The van der Waals surface area contributed by atoms with Crippen molar-refractivity contribution < 1.29 is 16.8 Å². The van der Waals surface area contributed by atoms with E-state index in [9.17, 15) is 8.42 Å². The molecule has 0 saturated heterocycles. The second-order valence-corrected chi connectivity index (χ2v) is 4.53. The van der Waals surface area contributed by atoms with E-state index < -0.39 is 10.4 Å². The molecule has 2 bridgehead atoms. The summed E-state index contributed by atoms with van der Waals surface area (Å²) in [5, 5.41) is -0.0609. The maximum atomic E-state index is 11.2. The summed E-state index contributed by atoms with van der Waals surface area (Å²) in [4.78, 5) is 0. The molecule has 0 atom stereocenters. The van der Waals surface area contributed by atoms with Crippen LogP contribution in [0.1, 0.15) is 5.56 Å². The molecule has 0 fully saturated rings. The molecule has 0 aromatic heterocycles. The second-order valence-electron chi connectivity index (χ2n) is 3.00. The van der Waals surface area contributed by atoms with E-state index in [1.165, 1.54) is 0 Å². The first-order valence-corrected chi connectivity index (χ1v) is 5.55. The quantitative estimate of drug-likeness (QED) is 0.661. The van der Waals surface area contributed by atoms with E-state index in [1.807, 2.05) is 0 Å². The van der Waals surface area contributed by atoms with Crippen molar-refractivity contribution in [2.24, 2.45) is 0 Å². The van der Waals surface area contributed by atoms with E-state index in [1.54, 1.807) is 6.92 Å². The zero-order valence-electron chi connectivity index (χ0n) is 7.57. The highest BCUT2D eigenvalue weighted by Crippen LogP contribution is 2.48. The summed E-state index contributed by atoms with van der Waals surface area (Å²) in [6.07, 6.45) is 0. The molecular weight excluding hydrogens is 244 g/mol. The van der Waals surface area contributed by atoms with Crippen LogP contribution in [-0.4, -0.2) is 8.42 Å². The Labute approximate surface area is 91.0 Å². The van der Waals surface area contributed by atoms with Crippen molar-refractivity contribution in [1.82, 2.24) is 0 Å². The molecule has 3 rings (SSSR count). The molecule has 0 amide bonds. The van der Waals surface area contributed by atoms with Gasteiger partial charge in [0.15, 0.2) is 11.5 Å². The number of fused-ring (bicyclic) bond motifs is 4. The smallest absolute Gasteiger partial charge is 0.395 e. The minimum absolute atomic E-state index is 0.000517. The van der Waals surface area contributed by atoms with E-state index in [2.05, 4.69) is 8.37 Å². The predicted octanol–water partition coefficient (Wildman–Crippen LogP) is 0.829. The van der Waals surface area contributed by atoms with E-state index in [4.69, 9.17) is 23.1 Å². The summed E-state index contributed by atoms with van der Waals surface area (Å²) in [7, 11) is -4.19. The molecule has 4 N–H and O–H groups in total. The number of hydrogen-bond donors (Lipinski definition) is 2. The van der Waals surface area contributed by atoms with Crippen molar-refractivity contribution in [2.75, 3.05) is 11.5 Å². The number of nitrogen functional groups attached to an aromatic ring is 2. The first-order chi connectivity index (χ1) is 6.83. The molecule has 0 unspecified atom stereocenters. The van der Waals surface area contributed by atoms with Crippen molar-refractivity contribution in [1.29, 1.82) is 0 Å². The minimum atomic E-state index is -4.19.